The third kappa shape index (κ3) is 4.38. The maximum atomic E-state index is 13.2. The summed E-state index contributed by atoms with van der Waals surface area (Å²) < 4.78 is 33.0. The van der Waals surface area contributed by atoms with Crippen molar-refractivity contribution in [1.82, 2.24) is 24.7 Å². The number of H-pyrrole nitrogens is 1. The molecule has 1 saturated heterocycles. The van der Waals surface area contributed by atoms with E-state index in [-0.39, 0.29) is 21.7 Å². The van der Waals surface area contributed by atoms with Crippen LogP contribution >= 0.6 is 11.3 Å². The first-order valence-corrected chi connectivity index (χ1v) is 12.4. The molecule has 1 unspecified atom stereocenters. The van der Waals surface area contributed by atoms with E-state index in [0.717, 1.165) is 6.42 Å². The van der Waals surface area contributed by atoms with Crippen LogP contribution in [0.5, 0.6) is 5.75 Å². The first-order chi connectivity index (χ1) is 15.3. The number of rotatable bonds is 6. The lowest BCUT2D eigenvalue weighted by atomic mass is 10.0. The molecule has 3 heterocycles. The van der Waals surface area contributed by atoms with Gasteiger partial charge in [0.1, 0.15) is 15.7 Å². The first-order valence-electron chi connectivity index (χ1n) is 10.1. The molecule has 2 aromatic heterocycles. The molecule has 1 fully saturated rings. The van der Waals surface area contributed by atoms with Crippen LogP contribution in [0.3, 0.4) is 0 Å². The van der Waals surface area contributed by atoms with Crippen molar-refractivity contribution in [1.29, 1.82) is 0 Å². The lowest BCUT2D eigenvalue weighted by Crippen LogP contribution is -2.39. The normalized spacial score (nSPS) is 17.3. The number of carbonyl (C=O) groups excluding carboxylic acids is 1. The summed E-state index contributed by atoms with van der Waals surface area (Å²) in [5, 5.41) is 18.7. The second kappa shape index (κ2) is 8.96. The molecule has 0 spiro atoms. The molecule has 12 heteroatoms. The highest BCUT2D eigenvalue weighted by Gasteiger charge is 2.35. The van der Waals surface area contributed by atoms with Crippen molar-refractivity contribution in [2.45, 2.75) is 37.5 Å². The number of amides is 1. The summed E-state index contributed by atoms with van der Waals surface area (Å²) in [5.74, 6) is 0.216. The number of aryl methyl sites for hydroxylation is 2. The van der Waals surface area contributed by atoms with Crippen LogP contribution < -0.4 is 10.1 Å². The minimum absolute atomic E-state index is 0.119. The highest BCUT2D eigenvalue weighted by Crippen LogP contribution is 2.33. The maximum Gasteiger partial charge on any atom is 0.286 e. The standard InChI is InChI=1S/C20H24N6O4S2/c1-12-17(13(2)23-22-12)32(28,29)26-10-4-5-14(11-26)19-24-25-20(31-19)18(27)21-15-6-8-16(30-3)9-7-15/h6-9,14H,4-5,10-11H2,1-3H3,(H,21,27)(H,22,23). The quantitative estimate of drug-likeness (QED) is 0.559. The molecule has 0 aliphatic carbocycles. The van der Waals surface area contributed by atoms with E-state index in [2.05, 4.69) is 25.7 Å². The third-order valence-electron chi connectivity index (χ3n) is 5.37. The molecule has 3 aromatic rings. The maximum absolute atomic E-state index is 13.2. The second-order valence-corrected chi connectivity index (χ2v) is 10.5. The first kappa shape index (κ1) is 22.4. The Bertz CT molecular complexity index is 1200. The number of anilines is 1. The van der Waals surface area contributed by atoms with Crippen molar-refractivity contribution < 1.29 is 17.9 Å². The Kier molecular flexibility index (Phi) is 6.26. The predicted molar refractivity (Wildman–Crippen MR) is 120 cm³/mol. The van der Waals surface area contributed by atoms with E-state index >= 15 is 0 Å². The van der Waals surface area contributed by atoms with Gasteiger partial charge in [0, 0.05) is 24.7 Å². The van der Waals surface area contributed by atoms with Crippen LogP contribution in [-0.2, 0) is 10.0 Å². The molecule has 2 N–H and O–H groups in total. The predicted octanol–water partition coefficient (Wildman–Crippen LogP) is 2.71. The Labute approximate surface area is 190 Å². The van der Waals surface area contributed by atoms with Crippen LogP contribution in [-0.4, -0.2) is 59.2 Å². The molecule has 32 heavy (non-hydrogen) atoms. The van der Waals surface area contributed by atoms with E-state index in [0.29, 0.717) is 47.3 Å². The average molecular weight is 477 g/mol. The van der Waals surface area contributed by atoms with Crippen LogP contribution in [0, 0.1) is 13.8 Å². The van der Waals surface area contributed by atoms with Gasteiger partial charge in [-0.25, -0.2) is 8.42 Å². The zero-order chi connectivity index (χ0) is 22.9. The van der Waals surface area contributed by atoms with Crippen LogP contribution in [0.25, 0.3) is 0 Å². The van der Waals surface area contributed by atoms with Gasteiger partial charge in [-0.2, -0.15) is 9.40 Å². The zero-order valence-corrected chi connectivity index (χ0v) is 19.6. The van der Waals surface area contributed by atoms with Gasteiger partial charge in [0.2, 0.25) is 15.0 Å². The molecule has 1 amide bonds. The molecular weight excluding hydrogens is 452 g/mol. The lowest BCUT2D eigenvalue weighted by Gasteiger charge is -2.30. The summed E-state index contributed by atoms with van der Waals surface area (Å²) in [6, 6.07) is 6.98. The van der Waals surface area contributed by atoms with E-state index in [1.807, 2.05) is 0 Å². The van der Waals surface area contributed by atoms with Gasteiger partial charge < -0.3 is 10.1 Å². The van der Waals surface area contributed by atoms with Gasteiger partial charge in [0.25, 0.3) is 5.91 Å². The number of methoxy groups -OCH3 is 1. The highest BCUT2D eigenvalue weighted by atomic mass is 32.2. The summed E-state index contributed by atoms with van der Waals surface area (Å²) in [7, 11) is -2.10. The van der Waals surface area contributed by atoms with Crippen molar-refractivity contribution in [3.63, 3.8) is 0 Å². The van der Waals surface area contributed by atoms with Crippen LogP contribution in [0.2, 0.25) is 0 Å². The Morgan fingerprint density at radius 3 is 2.66 bits per heavy atom. The Hall–Kier alpha value is -2.83. The smallest absolute Gasteiger partial charge is 0.286 e. The van der Waals surface area contributed by atoms with E-state index in [1.54, 1.807) is 45.2 Å². The molecule has 4 rings (SSSR count). The van der Waals surface area contributed by atoms with Gasteiger partial charge in [0.15, 0.2) is 0 Å². The van der Waals surface area contributed by atoms with Crippen LogP contribution in [0.15, 0.2) is 29.2 Å². The number of aromatic amines is 1. The number of carbonyl (C=O) groups is 1. The average Bonchev–Trinajstić information content (AvgIpc) is 3.41. The molecule has 0 radical (unpaired) electrons. The van der Waals surface area contributed by atoms with E-state index in [9.17, 15) is 13.2 Å². The number of piperidine rings is 1. The summed E-state index contributed by atoms with van der Waals surface area (Å²) >= 11 is 1.19. The van der Waals surface area contributed by atoms with Crippen molar-refractivity contribution in [2.75, 3.05) is 25.5 Å². The molecule has 0 bridgehead atoms. The van der Waals surface area contributed by atoms with Crippen molar-refractivity contribution >= 4 is 33.0 Å². The number of ether oxygens (including phenoxy) is 1. The Morgan fingerprint density at radius 2 is 2.00 bits per heavy atom. The van der Waals surface area contributed by atoms with Gasteiger partial charge in [0.05, 0.1) is 18.5 Å². The summed E-state index contributed by atoms with van der Waals surface area (Å²) in [4.78, 5) is 12.8. The SMILES string of the molecule is COc1ccc(NC(=O)c2nnc(C3CCCN(S(=O)(=O)c4c(C)n[nH]c4C)C3)s2)cc1. The molecule has 0 saturated carbocycles. The fourth-order valence-corrected chi connectivity index (χ4v) is 6.48. The number of aromatic nitrogens is 4. The molecule has 1 aliphatic heterocycles. The fraction of sp³-hybridized carbons (Fsp3) is 0.400. The zero-order valence-electron chi connectivity index (χ0n) is 18.0. The minimum Gasteiger partial charge on any atom is -0.497 e. The Morgan fingerprint density at radius 1 is 1.25 bits per heavy atom. The molecule has 1 atom stereocenters. The molecular formula is C20H24N6O4S2. The number of nitrogens with one attached hydrogen (secondary N) is 2. The van der Waals surface area contributed by atoms with Gasteiger partial charge in [-0.05, 0) is 51.0 Å². The largest absolute Gasteiger partial charge is 0.497 e. The van der Waals surface area contributed by atoms with E-state index < -0.39 is 10.0 Å². The lowest BCUT2D eigenvalue weighted by molar-refractivity contribution is 0.102. The van der Waals surface area contributed by atoms with Crippen molar-refractivity contribution in [3.8, 4) is 5.75 Å². The summed E-state index contributed by atoms with van der Waals surface area (Å²) in [6.45, 7) is 4.11. The molecule has 1 aromatic carbocycles. The molecule has 170 valence electrons. The number of hydrogen-bond acceptors (Lipinski definition) is 8. The van der Waals surface area contributed by atoms with E-state index in [4.69, 9.17) is 4.74 Å². The number of sulfonamides is 1. The van der Waals surface area contributed by atoms with Crippen LogP contribution in [0.4, 0.5) is 5.69 Å². The van der Waals surface area contributed by atoms with Gasteiger partial charge in [-0.3, -0.25) is 9.89 Å². The van der Waals surface area contributed by atoms with Gasteiger partial charge in [-0.1, -0.05) is 11.3 Å². The molecule has 10 nitrogen and oxygen atoms in total. The number of benzene rings is 1. The molecule has 1 aliphatic rings. The van der Waals surface area contributed by atoms with Crippen molar-refractivity contribution in [3.05, 3.63) is 45.7 Å². The Balaban J connectivity index is 1.47. The third-order valence-corrected chi connectivity index (χ3v) is 8.59. The minimum atomic E-state index is -3.67. The van der Waals surface area contributed by atoms with Crippen molar-refractivity contribution in [2.24, 2.45) is 0 Å². The van der Waals surface area contributed by atoms with Gasteiger partial charge in [-0.15, -0.1) is 10.2 Å². The second-order valence-electron chi connectivity index (χ2n) is 7.59. The number of nitrogens with zero attached hydrogens (tertiary/aromatic N) is 4. The number of hydrogen-bond donors (Lipinski definition) is 2. The monoisotopic (exact) mass is 476 g/mol. The fourth-order valence-electron chi connectivity index (χ4n) is 3.76. The van der Waals surface area contributed by atoms with Gasteiger partial charge >= 0.3 is 0 Å². The summed E-state index contributed by atoms with van der Waals surface area (Å²) in [5.41, 5.74) is 1.60. The highest BCUT2D eigenvalue weighted by molar-refractivity contribution is 7.89. The van der Waals surface area contributed by atoms with Crippen LogP contribution in [0.1, 0.15) is 45.0 Å². The topological polar surface area (TPSA) is 130 Å². The van der Waals surface area contributed by atoms with E-state index in [1.165, 1.54) is 15.6 Å². The summed E-state index contributed by atoms with van der Waals surface area (Å²) in [6.07, 6.45) is 1.48.